The van der Waals surface area contributed by atoms with Crippen molar-refractivity contribution in [3.8, 4) is 11.5 Å². The quantitative estimate of drug-likeness (QED) is 0.631. The number of carbonyl (C=O) groups excluding carboxylic acids is 1. The molecular formula is C11H12BrNO3. The van der Waals surface area contributed by atoms with Gasteiger partial charge in [0, 0.05) is 11.1 Å². The third-order valence-electron chi connectivity index (χ3n) is 2.21. The second-order valence-electron chi connectivity index (χ2n) is 3.12. The third-order valence-corrected chi connectivity index (χ3v) is 2.80. The monoisotopic (exact) mass is 285 g/mol. The molecule has 0 aliphatic carbocycles. The van der Waals surface area contributed by atoms with E-state index in [4.69, 9.17) is 9.47 Å². The predicted octanol–water partition coefficient (Wildman–Crippen LogP) is 2.61. The molecule has 1 rings (SSSR count). The van der Waals surface area contributed by atoms with E-state index in [9.17, 15) is 4.79 Å². The maximum absolute atomic E-state index is 10.1. The number of hydrogen-bond acceptors (Lipinski definition) is 4. The lowest BCUT2D eigenvalue weighted by atomic mass is 10.1. The minimum atomic E-state index is 0.246. The summed E-state index contributed by atoms with van der Waals surface area (Å²) in [6.45, 7) is 2.13. The predicted molar refractivity (Wildman–Crippen MR) is 63.8 cm³/mol. The number of nitrogens with zero attached hydrogens (tertiary/aromatic N) is 1. The van der Waals surface area contributed by atoms with Crippen LogP contribution in [0, 0.1) is 6.92 Å². The van der Waals surface area contributed by atoms with Crippen LogP contribution in [0.3, 0.4) is 0 Å². The Morgan fingerprint density at radius 1 is 1.38 bits per heavy atom. The molecule has 4 nitrogen and oxygen atoms in total. The fourth-order valence-electron chi connectivity index (χ4n) is 1.58. The van der Waals surface area contributed by atoms with Crippen LogP contribution in [0.1, 0.15) is 11.1 Å². The number of hydrogen-bond donors (Lipinski definition) is 0. The van der Waals surface area contributed by atoms with Crippen LogP contribution in [-0.4, -0.2) is 20.3 Å². The van der Waals surface area contributed by atoms with E-state index in [1.54, 1.807) is 14.2 Å². The van der Waals surface area contributed by atoms with Crippen molar-refractivity contribution in [2.75, 3.05) is 14.2 Å². The van der Waals surface area contributed by atoms with Crippen molar-refractivity contribution in [1.29, 1.82) is 0 Å². The van der Waals surface area contributed by atoms with Crippen molar-refractivity contribution in [2.24, 2.45) is 4.99 Å². The summed E-state index contributed by atoms with van der Waals surface area (Å²) in [5, 5.41) is 0. The molecule has 0 unspecified atom stereocenters. The average Bonchev–Trinajstić information content (AvgIpc) is 2.26. The van der Waals surface area contributed by atoms with Crippen molar-refractivity contribution in [3.63, 3.8) is 0 Å². The zero-order valence-electron chi connectivity index (χ0n) is 9.33. The van der Waals surface area contributed by atoms with Crippen LogP contribution in [0.4, 0.5) is 0 Å². The Morgan fingerprint density at radius 2 is 2.00 bits per heavy atom. The topological polar surface area (TPSA) is 47.9 Å². The van der Waals surface area contributed by atoms with Gasteiger partial charge in [0.2, 0.25) is 6.08 Å². The maximum atomic E-state index is 10.1. The molecule has 0 amide bonds. The van der Waals surface area contributed by atoms with Gasteiger partial charge < -0.3 is 9.47 Å². The first-order chi connectivity index (χ1) is 7.65. The third kappa shape index (κ3) is 2.43. The maximum Gasteiger partial charge on any atom is 0.235 e. The molecule has 0 atom stereocenters. The molecule has 0 radical (unpaired) electrons. The van der Waals surface area contributed by atoms with E-state index in [0.29, 0.717) is 5.75 Å². The Hall–Kier alpha value is -1.32. The molecule has 0 heterocycles. The second kappa shape index (κ2) is 5.68. The van der Waals surface area contributed by atoms with Gasteiger partial charge in [-0.3, -0.25) is 0 Å². The van der Waals surface area contributed by atoms with Crippen LogP contribution < -0.4 is 9.47 Å². The van der Waals surface area contributed by atoms with Gasteiger partial charge in [-0.15, -0.1) is 0 Å². The molecule has 0 bridgehead atoms. The van der Waals surface area contributed by atoms with Gasteiger partial charge in [-0.05, 0) is 28.9 Å². The van der Waals surface area contributed by atoms with Gasteiger partial charge in [0.1, 0.15) is 11.5 Å². The first kappa shape index (κ1) is 12.7. The Morgan fingerprint density at radius 3 is 2.50 bits per heavy atom. The molecule has 0 fully saturated rings. The van der Waals surface area contributed by atoms with Crippen LogP contribution in [0.15, 0.2) is 15.5 Å². The molecular weight excluding hydrogens is 274 g/mol. The van der Waals surface area contributed by atoms with Gasteiger partial charge in [-0.2, -0.15) is 0 Å². The molecule has 5 heteroatoms. The summed E-state index contributed by atoms with van der Waals surface area (Å²) in [5.41, 5.74) is 1.69. The number of rotatable bonds is 4. The summed E-state index contributed by atoms with van der Waals surface area (Å²) >= 11 is 3.39. The van der Waals surface area contributed by atoms with Crippen LogP contribution in [0.25, 0.3) is 0 Å². The molecule has 0 aliphatic rings. The largest absolute Gasteiger partial charge is 0.496 e. The lowest BCUT2D eigenvalue weighted by molar-refractivity contribution is 0.384. The standard InChI is InChI=1S/C11H12BrNO3/c1-7-10(15-2)8(5-13-6-14)4-9(12)11(7)16-3/h4H,5H2,1-3H3. The minimum absolute atomic E-state index is 0.246. The number of aliphatic imine (C=N–C) groups is 1. The van der Waals surface area contributed by atoms with Gasteiger partial charge in [-0.1, -0.05) is 0 Å². The zero-order chi connectivity index (χ0) is 12.1. The summed E-state index contributed by atoms with van der Waals surface area (Å²) in [4.78, 5) is 13.6. The molecule has 0 aromatic heterocycles. The summed E-state index contributed by atoms with van der Waals surface area (Å²) < 4.78 is 11.3. The summed E-state index contributed by atoms with van der Waals surface area (Å²) in [6, 6.07) is 1.82. The van der Waals surface area contributed by atoms with E-state index >= 15 is 0 Å². The van der Waals surface area contributed by atoms with E-state index in [-0.39, 0.29) is 6.54 Å². The highest BCUT2D eigenvalue weighted by molar-refractivity contribution is 9.10. The number of ether oxygens (including phenoxy) is 2. The molecule has 0 N–H and O–H groups in total. The zero-order valence-corrected chi connectivity index (χ0v) is 10.9. The number of halogens is 1. The van der Waals surface area contributed by atoms with E-state index in [1.165, 1.54) is 6.08 Å². The highest BCUT2D eigenvalue weighted by Gasteiger charge is 2.14. The smallest absolute Gasteiger partial charge is 0.235 e. The SMILES string of the molecule is COc1c(Br)cc(CN=C=O)c(OC)c1C. The average molecular weight is 286 g/mol. The molecule has 16 heavy (non-hydrogen) atoms. The molecule has 0 spiro atoms. The Bertz CT molecular complexity index is 439. The van der Waals surface area contributed by atoms with Gasteiger partial charge >= 0.3 is 0 Å². The van der Waals surface area contributed by atoms with Crippen LogP contribution in [0.2, 0.25) is 0 Å². The fraction of sp³-hybridized carbons (Fsp3) is 0.364. The summed E-state index contributed by atoms with van der Waals surface area (Å²) in [5.74, 6) is 1.40. The summed E-state index contributed by atoms with van der Waals surface area (Å²) in [6.07, 6.45) is 1.51. The van der Waals surface area contributed by atoms with E-state index < -0.39 is 0 Å². The molecule has 1 aromatic carbocycles. The lowest BCUT2D eigenvalue weighted by Gasteiger charge is -2.14. The summed E-state index contributed by atoms with van der Waals surface area (Å²) in [7, 11) is 3.17. The lowest BCUT2D eigenvalue weighted by Crippen LogP contribution is -1.98. The van der Waals surface area contributed by atoms with Gasteiger partial charge in [-0.25, -0.2) is 9.79 Å². The van der Waals surface area contributed by atoms with Gasteiger partial charge in [0.05, 0.1) is 25.2 Å². The van der Waals surface area contributed by atoms with Crippen LogP contribution >= 0.6 is 15.9 Å². The highest BCUT2D eigenvalue weighted by Crippen LogP contribution is 2.38. The Labute approximate surface area is 102 Å². The number of methoxy groups -OCH3 is 2. The van der Waals surface area contributed by atoms with E-state index in [1.807, 2.05) is 13.0 Å². The first-order valence-electron chi connectivity index (χ1n) is 4.59. The minimum Gasteiger partial charge on any atom is -0.496 e. The second-order valence-corrected chi connectivity index (χ2v) is 3.97. The fourth-order valence-corrected chi connectivity index (χ4v) is 2.31. The van der Waals surface area contributed by atoms with Crippen LogP contribution in [0.5, 0.6) is 11.5 Å². The van der Waals surface area contributed by atoms with Crippen molar-refractivity contribution < 1.29 is 14.3 Å². The Balaban J connectivity index is 3.33. The molecule has 0 saturated carbocycles. The molecule has 86 valence electrons. The molecule has 1 aromatic rings. The normalized spacial score (nSPS) is 9.50. The van der Waals surface area contributed by atoms with Crippen molar-refractivity contribution in [1.82, 2.24) is 0 Å². The molecule has 0 aliphatic heterocycles. The van der Waals surface area contributed by atoms with Crippen molar-refractivity contribution in [3.05, 3.63) is 21.7 Å². The Kier molecular flexibility index (Phi) is 4.52. The molecule has 0 saturated heterocycles. The number of isocyanates is 1. The van der Waals surface area contributed by atoms with Crippen molar-refractivity contribution >= 4 is 22.0 Å². The first-order valence-corrected chi connectivity index (χ1v) is 5.38. The number of benzene rings is 1. The van der Waals surface area contributed by atoms with Gasteiger partial charge in [0.25, 0.3) is 0 Å². The van der Waals surface area contributed by atoms with E-state index in [2.05, 4.69) is 20.9 Å². The van der Waals surface area contributed by atoms with Crippen LogP contribution in [-0.2, 0) is 11.3 Å². The van der Waals surface area contributed by atoms with E-state index in [0.717, 1.165) is 21.3 Å². The van der Waals surface area contributed by atoms with Crippen molar-refractivity contribution in [2.45, 2.75) is 13.5 Å². The highest BCUT2D eigenvalue weighted by atomic mass is 79.9. The van der Waals surface area contributed by atoms with Gasteiger partial charge in [0.15, 0.2) is 0 Å².